The molecule has 2 atom stereocenters. The number of hydrogen-bond acceptors (Lipinski definition) is 2. The number of fused-ring (bicyclic) bond motifs is 1. The second-order valence-corrected chi connectivity index (χ2v) is 5.10. The number of piperidine rings is 1. The van der Waals surface area contributed by atoms with Crippen LogP contribution < -0.4 is 5.32 Å². The topological polar surface area (TPSA) is 25.2 Å². The fourth-order valence-electron chi connectivity index (χ4n) is 2.90. The second-order valence-electron chi connectivity index (χ2n) is 5.10. The molecule has 1 aromatic carbocycles. The van der Waals surface area contributed by atoms with Crippen LogP contribution in [0.2, 0.25) is 0 Å². The van der Waals surface area contributed by atoms with Crippen molar-refractivity contribution in [2.24, 2.45) is 5.92 Å². The average molecular weight is 269 g/mol. The van der Waals surface area contributed by atoms with E-state index in [1.807, 2.05) is 6.92 Å². The fourth-order valence-corrected chi connectivity index (χ4v) is 2.90. The summed E-state index contributed by atoms with van der Waals surface area (Å²) in [6, 6.07) is 1.34. The summed E-state index contributed by atoms with van der Waals surface area (Å²) in [6.45, 7) is 3.42. The minimum Gasteiger partial charge on any atom is -0.464 e. The van der Waals surface area contributed by atoms with Gasteiger partial charge in [-0.15, -0.1) is 0 Å². The quantitative estimate of drug-likeness (QED) is 0.801. The van der Waals surface area contributed by atoms with Crippen LogP contribution in [0.3, 0.4) is 0 Å². The molecule has 1 aliphatic rings. The van der Waals surface area contributed by atoms with Crippen molar-refractivity contribution in [2.75, 3.05) is 13.1 Å². The smallest absolute Gasteiger partial charge is 0.195 e. The first-order chi connectivity index (χ1) is 9.11. The van der Waals surface area contributed by atoms with Crippen LogP contribution >= 0.6 is 0 Å². The normalized spacial score (nSPS) is 24.0. The van der Waals surface area contributed by atoms with Gasteiger partial charge in [-0.25, -0.2) is 13.2 Å². The predicted molar refractivity (Wildman–Crippen MR) is 65.5 cm³/mol. The summed E-state index contributed by atoms with van der Waals surface area (Å²) in [7, 11) is 0. The van der Waals surface area contributed by atoms with Gasteiger partial charge in [-0.3, -0.25) is 0 Å². The van der Waals surface area contributed by atoms with Gasteiger partial charge in [0.25, 0.3) is 0 Å². The molecule has 0 bridgehead atoms. The van der Waals surface area contributed by atoms with Gasteiger partial charge in [-0.2, -0.15) is 0 Å². The first kappa shape index (κ1) is 12.5. The Morgan fingerprint density at radius 3 is 2.74 bits per heavy atom. The Morgan fingerprint density at radius 2 is 2.00 bits per heavy atom. The molecule has 2 aromatic rings. The summed E-state index contributed by atoms with van der Waals surface area (Å²) < 4.78 is 46.7. The molecule has 0 aliphatic carbocycles. The lowest BCUT2D eigenvalue weighted by molar-refractivity contribution is 0.334. The Morgan fingerprint density at radius 1 is 1.21 bits per heavy atom. The molecule has 1 fully saturated rings. The molecular weight excluding hydrogens is 255 g/mol. The van der Waals surface area contributed by atoms with E-state index in [1.54, 1.807) is 0 Å². The van der Waals surface area contributed by atoms with E-state index in [1.165, 1.54) is 12.3 Å². The Balaban J connectivity index is 2.24. The van der Waals surface area contributed by atoms with Crippen molar-refractivity contribution in [1.29, 1.82) is 0 Å². The first-order valence-corrected chi connectivity index (χ1v) is 6.35. The van der Waals surface area contributed by atoms with Gasteiger partial charge >= 0.3 is 0 Å². The Kier molecular flexibility index (Phi) is 3.01. The molecule has 2 nitrogen and oxygen atoms in total. The Bertz CT molecular complexity index is 623. The average Bonchev–Trinajstić information content (AvgIpc) is 2.87. The van der Waals surface area contributed by atoms with Gasteiger partial charge in [0, 0.05) is 5.56 Å². The number of benzene rings is 1. The molecule has 1 saturated heterocycles. The highest BCUT2D eigenvalue weighted by Crippen LogP contribution is 2.39. The van der Waals surface area contributed by atoms with Crippen molar-refractivity contribution >= 4 is 11.0 Å². The van der Waals surface area contributed by atoms with Crippen LogP contribution in [-0.4, -0.2) is 13.1 Å². The van der Waals surface area contributed by atoms with Crippen molar-refractivity contribution in [3.63, 3.8) is 0 Å². The fraction of sp³-hybridized carbons (Fsp3) is 0.429. The molecule has 2 heterocycles. The second kappa shape index (κ2) is 4.56. The maximum atomic E-state index is 14.1. The minimum atomic E-state index is -1.41. The van der Waals surface area contributed by atoms with Gasteiger partial charge in [-0.1, -0.05) is 6.92 Å². The van der Waals surface area contributed by atoms with Crippen molar-refractivity contribution in [1.82, 2.24) is 5.32 Å². The van der Waals surface area contributed by atoms with Gasteiger partial charge in [0.2, 0.25) is 0 Å². The third-order valence-electron chi connectivity index (χ3n) is 3.92. The number of nitrogens with one attached hydrogen (secondary N) is 1. The van der Waals surface area contributed by atoms with Crippen LogP contribution in [-0.2, 0) is 0 Å². The molecule has 3 rings (SSSR count). The van der Waals surface area contributed by atoms with Gasteiger partial charge in [-0.05, 0) is 37.4 Å². The standard InChI is InChI=1S/C14H14F3NO/c1-7-6-18-4-2-8(7)10-12(16)13(17)11(15)9-3-5-19-14(9)10/h3,5,7-8,18H,2,4,6H2,1H3/t7-,8+/m0/s1. The number of rotatable bonds is 1. The molecule has 0 amide bonds. The van der Waals surface area contributed by atoms with Gasteiger partial charge in [0.05, 0.1) is 11.6 Å². The van der Waals surface area contributed by atoms with E-state index in [-0.39, 0.29) is 28.4 Å². The van der Waals surface area contributed by atoms with Gasteiger partial charge < -0.3 is 9.73 Å². The summed E-state index contributed by atoms with van der Waals surface area (Å²) in [6.07, 6.45) is 1.95. The minimum absolute atomic E-state index is 0.0135. The number of hydrogen-bond donors (Lipinski definition) is 1. The zero-order chi connectivity index (χ0) is 13.6. The molecule has 0 unspecified atom stereocenters. The van der Waals surface area contributed by atoms with E-state index >= 15 is 0 Å². The van der Waals surface area contributed by atoms with Crippen molar-refractivity contribution < 1.29 is 17.6 Å². The summed E-state index contributed by atoms with van der Waals surface area (Å²) in [5.41, 5.74) is 0.308. The van der Waals surface area contributed by atoms with Crippen molar-refractivity contribution in [2.45, 2.75) is 19.3 Å². The van der Waals surface area contributed by atoms with E-state index in [0.29, 0.717) is 6.42 Å². The maximum Gasteiger partial charge on any atom is 0.195 e. The lowest BCUT2D eigenvalue weighted by Crippen LogP contribution is -2.34. The van der Waals surface area contributed by atoms with Crippen LogP contribution in [0.4, 0.5) is 13.2 Å². The van der Waals surface area contributed by atoms with E-state index in [0.717, 1.165) is 13.1 Å². The predicted octanol–water partition coefficient (Wildman–Crippen LogP) is 3.56. The zero-order valence-corrected chi connectivity index (χ0v) is 10.5. The highest BCUT2D eigenvalue weighted by Gasteiger charge is 2.32. The molecule has 0 radical (unpaired) electrons. The molecule has 5 heteroatoms. The Labute approximate surface area is 108 Å². The largest absolute Gasteiger partial charge is 0.464 e. The van der Waals surface area contributed by atoms with Crippen LogP contribution in [0.15, 0.2) is 16.7 Å². The highest BCUT2D eigenvalue weighted by molar-refractivity contribution is 5.82. The van der Waals surface area contributed by atoms with E-state index < -0.39 is 17.5 Å². The lowest BCUT2D eigenvalue weighted by atomic mass is 9.81. The summed E-state index contributed by atoms with van der Waals surface area (Å²) in [5.74, 6) is -3.72. The summed E-state index contributed by atoms with van der Waals surface area (Å²) in [4.78, 5) is 0. The highest BCUT2D eigenvalue weighted by atomic mass is 19.2. The molecule has 1 aliphatic heterocycles. The first-order valence-electron chi connectivity index (χ1n) is 6.35. The summed E-state index contributed by atoms with van der Waals surface area (Å²) >= 11 is 0. The SMILES string of the molecule is C[C@H]1CNCC[C@H]1c1c(F)c(F)c(F)c2ccoc12. The molecule has 19 heavy (non-hydrogen) atoms. The lowest BCUT2D eigenvalue weighted by Gasteiger charge is -2.30. The monoisotopic (exact) mass is 269 g/mol. The van der Waals surface area contributed by atoms with E-state index in [4.69, 9.17) is 4.42 Å². The van der Waals surface area contributed by atoms with Crippen molar-refractivity contribution in [3.8, 4) is 0 Å². The maximum absolute atomic E-state index is 14.1. The summed E-state index contributed by atoms with van der Waals surface area (Å²) in [5, 5.41) is 3.21. The third kappa shape index (κ3) is 1.84. The van der Waals surface area contributed by atoms with E-state index in [9.17, 15) is 13.2 Å². The van der Waals surface area contributed by atoms with Crippen LogP contribution in [0.5, 0.6) is 0 Å². The van der Waals surface area contributed by atoms with Gasteiger partial charge in [0.15, 0.2) is 17.5 Å². The number of halogens is 3. The number of furan rings is 1. The van der Waals surface area contributed by atoms with Crippen molar-refractivity contribution in [3.05, 3.63) is 35.3 Å². The molecule has 0 saturated carbocycles. The zero-order valence-electron chi connectivity index (χ0n) is 10.5. The van der Waals surface area contributed by atoms with E-state index in [2.05, 4.69) is 5.32 Å². The molecular formula is C14H14F3NO. The third-order valence-corrected chi connectivity index (χ3v) is 3.92. The molecule has 1 aromatic heterocycles. The van der Waals surface area contributed by atoms with Crippen LogP contribution in [0.1, 0.15) is 24.8 Å². The molecule has 102 valence electrons. The Hall–Kier alpha value is -1.49. The van der Waals surface area contributed by atoms with Crippen LogP contribution in [0, 0.1) is 23.4 Å². The van der Waals surface area contributed by atoms with Crippen LogP contribution in [0.25, 0.3) is 11.0 Å². The molecule has 1 N–H and O–H groups in total. The van der Waals surface area contributed by atoms with Gasteiger partial charge in [0.1, 0.15) is 5.58 Å². The molecule has 0 spiro atoms.